The summed E-state index contributed by atoms with van der Waals surface area (Å²) in [6, 6.07) is 5.43. The highest BCUT2D eigenvalue weighted by Gasteiger charge is 2.26. The van der Waals surface area contributed by atoms with Crippen LogP contribution in [0, 0.1) is 6.92 Å². The topological polar surface area (TPSA) is 76.3 Å². The zero-order valence-corrected chi connectivity index (χ0v) is 15.7. The van der Waals surface area contributed by atoms with Crippen molar-refractivity contribution in [1.82, 2.24) is 15.4 Å². The van der Waals surface area contributed by atoms with Gasteiger partial charge in [-0.3, -0.25) is 20.4 Å². The number of hydrogen-bond acceptors (Lipinski definition) is 5. The summed E-state index contributed by atoms with van der Waals surface area (Å²) < 4.78 is 7.08. The molecule has 2 amide bonds. The van der Waals surface area contributed by atoms with Crippen molar-refractivity contribution >= 4 is 34.9 Å². The molecule has 0 saturated heterocycles. The lowest BCUT2D eigenvalue weighted by molar-refractivity contribution is 0.0845. The van der Waals surface area contributed by atoms with Crippen LogP contribution in [-0.4, -0.2) is 22.1 Å². The SMILES string of the molecule is Cc1occc1C(=O)NNC(=O)c1c(-n2cccc2)sc2c1CCSC2. The van der Waals surface area contributed by atoms with E-state index in [2.05, 4.69) is 10.9 Å². The van der Waals surface area contributed by atoms with Crippen molar-refractivity contribution in [3.05, 3.63) is 64.2 Å². The molecule has 4 rings (SSSR count). The van der Waals surface area contributed by atoms with Crippen LogP contribution in [0.3, 0.4) is 0 Å². The van der Waals surface area contributed by atoms with Gasteiger partial charge in [-0.1, -0.05) is 0 Å². The number of hydrogen-bond donors (Lipinski definition) is 2. The molecule has 4 heterocycles. The predicted molar refractivity (Wildman–Crippen MR) is 102 cm³/mol. The number of hydrazine groups is 1. The van der Waals surface area contributed by atoms with E-state index in [1.165, 1.54) is 11.1 Å². The molecule has 0 aliphatic carbocycles. The van der Waals surface area contributed by atoms with Crippen LogP contribution < -0.4 is 10.9 Å². The number of aryl methyl sites for hydroxylation is 1. The fourth-order valence-electron chi connectivity index (χ4n) is 2.97. The van der Waals surface area contributed by atoms with E-state index in [4.69, 9.17) is 4.42 Å². The van der Waals surface area contributed by atoms with Gasteiger partial charge in [0, 0.05) is 23.0 Å². The molecule has 1 aliphatic rings. The zero-order chi connectivity index (χ0) is 18.1. The van der Waals surface area contributed by atoms with Crippen LogP contribution in [0.25, 0.3) is 5.00 Å². The summed E-state index contributed by atoms with van der Waals surface area (Å²) in [4.78, 5) is 26.3. The Labute approximate surface area is 158 Å². The third-order valence-electron chi connectivity index (χ3n) is 4.26. The lowest BCUT2D eigenvalue weighted by atomic mass is 10.1. The molecule has 1 aliphatic heterocycles. The quantitative estimate of drug-likeness (QED) is 0.676. The summed E-state index contributed by atoms with van der Waals surface area (Å²) in [6.07, 6.45) is 6.15. The van der Waals surface area contributed by atoms with E-state index in [0.29, 0.717) is 16.9 Å². The van der Waals surface area contributed by atoms with Crippen LogP contribution in [0.4, 0.5) is 0 Å². The summed E-state index contributed by atoms with van der Waals surface area (Å²) in [5.41, 5.74) is 7.18. The average molecular weight is 387 g/mol. The Balaban J connectivity index is 1.60. The molecule has 8 heteroatoms. The van der Waals surface area contributed by atoms with E-state index in [9.17, 15) is 9.59 Å². The Bertz CT molecular complexity index is 957. The normalized spacial score (nSPS) is 13.3. The van der Waals surface area contributed by atoms with Crippen molar-refractivity contribution in [3.63, 3.8) is 0 Å². The number of rotatable bonds is 3. The largest absolute Gasteiger partial charge is 0.469 e. The van der Waals surface area contributed by atoms with Crippen LogP contribution in [0.15, 0.2) is 41.3 Å². The molecule has 6 nitrogen and oxygen atoms in total. The third-order valence-corrected chi connectivity index (χ3v) is 6.67. The molecular weight excluding hydrogens is 370 g/mol. The minimum Gasteiger partial charge on any atom is -0.469 e. The first-order valence-corrected chi connectivity index (χ1v) is 10.1. The number of fused-ring (bicyclic) bond motifs is 1. The Hall–Kier alpha value is -2.45. The lowest BCUT2D eigenvalue weighted by Gasteiger charge is -2.13. The minimum absolute atomic E-state index is 0.299. The molecule has 3 aromatic heterocycles. The highest BCUT2D eigenvalue weighted by molar-refractivity contribution is 7.98. The number of thiophene rings is 1. The second-order valence-corrected chi connectivity index (χ2v) is 8.06. The predicted octanol–water partition coefficient (Wildman–Crippen LogP) is 3.30. The van der Waals surface area contributed by atoms with Crippen LogP contribution in [0.2, 0.25) is 0 Å². The maximum Gasteiger partial charge on any atom is 0.273 e. The van der Waals surface area contributed by atoms with Crippen molar-refractivity contribution < 1.29 is 14.0 Å². The highest BCUT2D eigenvalue weighted by atomic mass is 32.2. The van der Waals surface area contributed by atoms with Crippen molar-refractivity contribution in [2.45, 2.75) is 19.1 Å². The number of amides is 2. The van der Waals surface area contributed by atoms with Crippen LogP contribution in [0.5, 0.6) is 0 Å². The van der Waals surface area contributed by atoms with Crippen LogP contribution >= 0.6 is 23.1 Å². The van der Waals surface area contributed by atoms with Gasteiger partial charge in [-0.2, -0.15) is 11.8 Å². The monoisotopic (exact) mass is 387 g/mol. The third kappa shape index (κ3) is 3.06. The smallest absolute Gasteiger partial charge is 0.273 e. The summed E-state index contributed by atoms with van der Waals surface area (Å²) >= 11 is 3.51. The molecular formula is C18H17N3O3S2. The molecule has 0 spiro atoms. The molecule has 0 unspecified atom stereocenters. The van der Waals surface area contributed by atoms with Crippen molar-refractivity contribution in [2.24, 2.45) is 0 Å². The number of furan rings is 1. The van der Waals surface area contributed by atoms with Gasteiger partial charge in [0.05, 0.1) is 17.4 Å². The standard InChI is InChI=1S/C18H17N3O3S2/c1-11-12(4-8-24-11)16(22)19-20-17(23)15-13-5-9-25-10-14(13)26-18(15)21-6-2-3-7-21/h2-4,6-8H,5,9-10H2,1H3,(H,19,22)(H,20,23). The zero-order valence-electron chi connectivity index (χ0n) is 14.1. The van der Waals surface area contributed by atoms with Gasteiger partial charge in [-0.25, -0.2) is 0 Å². The van der Waals surface area contributed by atoms with Crippen molar-refractivity contribution in [1.29, 1.82) is 0 Å². The first-order chi connectivity index (χ1) is 12.6. The van der Waals surface area contributed by atoms with Crippen molar-refractivity contribution in [3.8, 4) is 5.00 Å². The Morgan fingerprint density at radius 2 is 1.96 bits per heavy atom. The first kappa shape index (κ1) is 17.0. The first-order valence-electron chi connectivity index (χ1n) is 8.15. The molecule has 0 saturated carbocycles. The van der Waals surface area contributed by atoms with Gasteiger partial charge in [0.15, 0.2) is 0 Å². The number of thioether (sulfide) groups is 1. The number of carbonyl (C=O) groups is 2. The van der Waals surface area contributed by atoms with Gasteiger partial charge in [0.2, 0.25) is 0 Å². The molecule has 0 bridgehead atoms. The summed E-state index contributed by atoms with van der Waals surface area (Å²) in [7, 11) is 0. The fourth-order valence-corrected chi connectivity index (χ4v) is 5.41. The Morgan fingerprint density at radius 3 is 2.69 bits per heavy atom. The molecule has 134 valence electrons. The molecule has 3 aromatic rings. The molecule has 0 fully saturated rings. The van der Waals surface area contributed by atoms with Gasteiger partial charge in [-0.15, -0.1) is 11.3 Å². The lowest BCUT2D eigenvalue weighted by Crippen LogP contribution is -2.42. The average Bonchev–Trinajstić information content (AvgIpc) is 3.37. The Morgan fingerprint density at radius 1 is 1.19 bits per heavy atom. The minimum atomic E-state index is -0.397. The van der Waals surface area contributed by atoms with Gasteiger partial charge in [0.25, 0.3) is 11.8 Å². The molecule has 26 heavy (non-hydrogen) atoms. The number of aromatic nitrogens is 1. The van der Waals surface area contributed by atoms with Crippen molar-refractivity contribution in [2.75, 3.05) is 5.75 Å². The summed E-state index contributed by atoms with van der Waals surface area (Å²) in [5, 5.41) is 0.883. The number of nitrogens with zero attached hydrogens (tertiary/aromatic N) is 1. The van der Waals surface area contributed by atoms with E-state index in [0.717, 1.165) is 28.5 Å². The van der Waals surface area contributed by atoms with E-state index >= 15 is 0 Å². The van der Waals surface area contributed by atoms with Gasteiger partial charge in [-0.05, 0) is 42.9 Å². The Kier molecular flexibility index (Phi) is 4.60. The van der Waals surface area contributed by atoms with E-state index in [1.807, 2.05) is 40.9 Å². The van der Waals surface area contributed by atoms with E-state index < -0.39 is 5.91 Å². The van der Waals surface area contributed by atoms with Crippen LogP contribution in [-0.2, 0) is 12.2 Å². The summed E-state index contributed by atoms with van der Waals surface area (Å²) in [6.45, 7) is 1.70. The number of carbonyl (C=O) groups excluding carboxylic acids is 2. The van der Waals surface area contributed by atoms with E-state index in [-0.39, 0.29) is 5.91 Å². The molecule has 2 N–H and O–H groups in total. The van der Waals surface area contributed by atoms with Crippen LogP contribution in [0.1, 0.15) is 36.9 Å². The van der Waals surface area contributed by atoms with Gasteiger partial charge >= 0.3 is 0 Å². The molecule has 0 aromatic carbocycles. The highest BCUT2D eigenvalue weighted by Crippen LogP contribution is 2.38. The van der Waals surface area contributed by atoms with Gasteiger partial charge < -0.3 is 8.98 Å². The number of nitrogens with one attached hydrogen (secondary N) is 2. The van der Waals surface area contributed by atoms with Gasteiger partial charge in [0.1, 0.15) is 10.8 Å². The fraction of sp³-hybridized carbons (Fsp3) is 0.222. The molecule has 0 atom stereocenters. The maximum absolute atomic E-state index is 12.9. The maximum atomic E-state index is 12.9. The summed E-state index contributed by atoms with van der Waals surface area (Å²) in [5.74, 6) is 1.73. The second-order valence-electron chi connectivity index (χ2n) is 5.88. The van der Waals surface area contributed by atoms with E-state index in [1.54, 1.807) is 24.3 Å². The second kappa shape index (κ2) is 7.05. The molecule has 0 radical (unpaired) electrons.